The van der Waals surface area contributed by atoms with Crippen LogP contribution in [0.5, 0.6) is 5.88 Å². The van der Waals surface area contributed by atoms with Crippen molar-refractivity contribution in [2.24, 2.45) is 0 Å². The molecule has 30 heavy (non-hydrogen) atoms. The van der Waals surface area contributed by atoms with Gasteiger partial charge in [-0.15, -0.1) is 0 Å². The van der Waals surface area contributed by atoms with Crippen molar-refractivity contribution in [1.29, 1.82) is 0 Å². The Bertz CT molecular complexity index is 1090. The maximum Gasteiger partial charge on any atom is 0.320 e. The lowest BCUT2D eigenvalue weighted by atomic mass is 10.2. The van der Waals surface area contributed by atoms with Crippen LogP contribution in [-0.4, -0.2) is 63.9 Å². The molecule has 0 aromatic carbocycles. The Labute approximate surface area is 174 Å². The number of fused-ring (bicyclic) bond motifs is 1. The van der Waals surface area contributed by atoms with Crippen LogP contribution in [0.3, 0.4) is 0 Å². The van der Waals surface area contributed by atoms with Gasteiger partial charge in [-0.2, -0.15) is 0 Å². The van der Waals surface area contributed by atoms with Crippen LogP contribution in [0.4, 0.5) is 10.5 Å². The Morgan fingerprint density at radius 3 is 2.83 bits per heavy atom. The number of pyridine rings is 2. The fraction of sp³-hybridized carbons (Fsp3) is 0.333. The molecule has 0 bridgehead atoms. The van der Waals surface area contributed by atoms with Crippen LogP contribution >= 0.6 is 0 Å². The average molecular weight is 408 g/mol. The van der Waals surface area contributed by atoms with E-state index in [-0.39, 0.29) is 18.0 Å². The Hall–Kier alpha value is -3.62. The number of imidazole rings is 1. The van der Waals surface area contributed by atoms with Crippen molar-refractivity contribution in [2.75, 3.05) is 33.1 Å². The molecule has 0 aliphatic carbocycles. The topological polar surface area (TPSA) is 92.1 Å². The second-order valence-electron chi connectivity index (χ2n) is 7.32. The number of likely N-dealkylation sites (tertiary alicyclic amines) is 1. The van der Waals surface area contributed by atoms with Crippen LogP contribution in [-0.2, 0) is 0 Å². The molecule has 156 valence electrons. The molecule has 9 heteroatoms. The van der Waals surface area contributed by atoms with Crippen LogP contribution in [0.1, 0.15) is 35.2 Å². The molecule has 3 amide bonds. The first-order valence-electron chi connectivity index (χ1n) is 9.76. The zero-order chi connectivity index (χ0) is 21.3. The SMILES string of the molecule is COc1ncccc1NC(=O)c1nc([C@H]2CCCN2C(=O)N(C)C)n2ccccc12. The van der Waals surface area contributed by atoms with Crippen LogP contribution < -0.4 is 10.1 Å². The number of hydrogen-bond donors (Lipinski definition) is 1. The lowest BCUT2D eigenvalue weighted by molar-refractivity contribution is 0.102. The van der Waals surface area contributed by atoms with Crippen molar-refractivity contribution in [3.8, 4) is 5.88 Å². The number of nitrogens with one attached hydrogen (secondary N) is 1. The van der Waals surface area contributed by atoms with Crippen molar-refractivity contribution in [1.82, 2.24) is 24.2 Å². The summed E-state index contributed by atoms with van der Waals surface area (Å²) in [5.74, 6) is 0.648. The molecule has 1 N–H and O–H groups in total. The number of aromatic nitrogens is 3. The predicted octanol–water partition coefficient (Wildman–Crippen LogP) is 2.81. The monoisotopic (exact) mass is 408 g/mol. The maximum atomic E-state index is 13.1. The molecule has 0 unspecified atom stereocenters. The second-order valence-corrected chi connectivity index (χ2v) is 7.32. The van der Waals surface area contributed by atoms with Crippen LogP contribution in [0.25, 0.3) is 5.52 Å². The van der Waals surface area contributed by atoms with Gasteiger partial charge in [0, 0.05) is 33.0 Å². The standard InChI is InChI=1S/C21H24N6O3/c1-25(2)21(29)27-13-7-10-16(27)18-24-17(15-9-4-5-12-26(15)18)19(28)23-14-8-6-11-22-20(14)30-3/h4-6,8-9,11-12,16H,7,10,13H2,1-3H3,(H,23,28)/t16-/m1/s1. The summed E-state index contributed by atoms with van der Waals surface area (Å²) < 4.78 is 7.11. The molecular formula is C21H24N6O3. The zero-order valence-electron chi connectivity index (χ0n) is 17.2. The first-order chi connectivity index (χ1) is 14.5. The number of carbonyl (C=O) groups excluding carboxylic acids is 2. The summed E-state index contributed by atoms with van der Waals surface area (Å²) in [6.45, 7) is 0.665. The molecule has 4 heterocycles. The number of amides is 3. The van der Waals surface area contributed by atoms with Gasteiger partial charge in [0.15, 0.2) is 5.69 Å². The van der Waals surface area contributed by atoms with E-state index in [9.17, 15) is 9.59 Å². The molecule has 0 spiro atoms. The molecule has 0 saturated carbocycles. The van der Waals surface area contributed by atoms with E-state index in [2.05, 4.69) is 10.3 Å². The van der Waals surface area contributed by atoms with Gasteiger partial charge in [0.25, 0.3) is 5.91 Å². The Morgan fingerprint density at radius 2 is 2.07 bits per heavy atom. The van der Waals surface area contributed by atoms with Gasteiger partial charge >= 0.3 is 6.03 Å². The summed E-state index contributed by atoms with van der Waals surface area (Å²) in [5.41, 5.74) is 1.44. The molecule has 3 aromatic heterocycles. The molecular weight excluding hydrogens is 384 g/mol. The van der Waals surface area contributed by atoms with Gasteiger partial charge in [-0.25, -0.2) is 14.8 Å². The van der Waals surface area contributed by atoms with E-state index in [1.54, 1.807) is 37.3 Å². The molecule has 1 fully saturated rings. The average Bonchev–Trinajstić information content (AvgIpc) is 3.38. The molecule has 1 aliphatic heterocycles. The van der Waals surface area contributed by atoms with Crippen molar-refractivity contribution in [3.05, 3.63) is 54.2 Å². The van der Waals surface area contributed by atoms with Crippen molar-refractivity contribution in [3.63, 3.8) is 0 Å². The summed E-state index contributed by atoms with van der Waals surface area (Å²) in [6.07, 6.45) is 5.15. The highest BCUT2D eigenvalue weighted by molar-refractivity contribution is 6.08. The van der Waals surface area contributed by atoms with Crippen LogP contribution in [0.2, 0.25) is 0 Å². The first-order valence-corrected chi connectivity index (χ1v) is 9.76. The van der Waals surface area contributed by atoms with Gasteiger partial charge in [-0.3, -0.25) is 4.79 Å². The fourth-order valence-electron chi connectivity index (χ4n) is 3.81. The minimum atomic E-state index is -0.361. The molecule has 9 nitrogen and oxygen atoms in total. The smallest absolute Gasteiger partial charge is 0.320 e. The normalized spacial score (nSPS) is 16.0. The first kappa shape index (κ1) is 19.7. The van der Waals surface area contributed by atoms with E-state index in [1.807, 2.05) is 33.7 Å². The van der Waals surface area contributed by atoms with Gasteiger partial charge < -0.3 is 24.3 Å². The number of methoxy groups -OCH3 is 1. The Morgan fingerprint density at radius 1 is 1.23 bits per heavy atom. The largest absolute Gasteiger partial charge is 0.480 e. The lowest BCUT2D eigenvalue weighted by Gasteiger charge is -2.27. The number of ether oxygens (including phenoxy) is 1. The van der Waals surface area contributed by atoms with Gasteiger partial charge in [-0.1, -0.05) is 6.07 Å². The molecule has 1 atom stereocenters. The summed E-state index contributed by atoms with van der Waals surface area (Å²) in [5, 5.41) is 2.83. The maximum absolute atomic E-state index is 13.1. The van der Waals surface area contributed by atoms with Gasteiger partial charge in [0.05, 0.1) is 18.7 Å². The molecule has 0 radical (unpaired) electrons. The van der Waals surface area contributed by atoms with E-state index >= 15 is 0 Å². The highest BCUT2D eigenvalue weighted by Gasteiger charge is 2.35. The third-order valence-corrected chi connectivity index (χ3v) is 5.18. The third kappa shape index (κ3) is 3.42. The summed E-state index contributed by atoms with van der Waals surface area (Å²) >= 11 is 0. The number of anilines is 1. The third-order valence-electron chi connectivity index (χ3n) is 5.18. The quantitative estimate of drug-likeness (QED) is 0.717. The second kappa shape index (κ2) is 8.02. The van der Waals surface area contributed by atoms with Crippen molar-refractivity contribution >= 4 is 23.1 Å². The molecule has 3 aromatic rings. The minimum Gasteiger partial charge on any atom is -0.480 e. The summed E-state index contributed by atoms with van der Waals surface area (Å²) in [4.78, 5) is 37.9. The highest BCUT2D eigenvalue weighted by atomic mass is 16.5. The van der Waals surface area contributed by atoms with E-state index in [4.69, 9.17) is 9.72 Å². The molecule has 1 saturated heterocycles. The van der Waals surface area contributed by atoms with E-state index < -0.39 is 0 Å². The van der Waals surface area contributed by atoms with E-state index in [0.29, 0.717) is 35.1 Å². The highest BCUT2D eigenvalue weighted by Crippen LogP contribution is 2.33. The van der Waals surface area contributed by atoms with Crippen LogP contribution in [0, 0.1) is 0 Å². The van der Waals surface area contributed by atoms with E-state index in [0.717, 1.165) is 12.8 Å². The number of rotatable bonds is 4. The van der Waals surface area contributed by atoms with Gasteiger partial charge in [-0.05, 0) is 37.1 Å². The number of carbonyl (C=O) groups is 2. The Balaban J connectivity index is 1.72. The minimum absolute atomic E-state index is 0.0590. The Kier molecular flexibility index (Phi) is 5.26. The van der Waals surface area contributed by atoms with Gasteiger partial charge in [0.2, 0.25) is 5.88 Å². The van der Waals surface area contributed by atoms with Gasteiger partial charge in [0.1, 0.15) is 11.5 Å². The molecule has 4 rings (SSSR count). The summed E-state index contributed by atoms with van der Waals surface area (Å²) in [6, 6.07) is 8.78. The van der Waals surface area contributed by atoms with Crippen molar-refractivity contribution < 1.29 is 14.3 Å². The number of urea groups is 1. The number of nitrogens with zero attached hydrogens (tertiary/aromatic N) is 5. The lowest BCUT2D eigenvalue weighted by Crippen LogP contribution is -2.39. The number of hydrogen-bond acceptors (Lipinski definition) is 5. The van der Waals surface area contributed by atoms with Crippen molar-refractivity contribution in [2.45, 2.75) is 18.9 Å². The van der Waals surface area contributed by atoms with Crippen LogP contribution in [0.15, 0.2) is 42.7 Å². The predicted molar refractivity (Wildman–Crippen MR) is 112 cm³/mol. The van der Waals surface area contributed by atoms with E-state index in [1.165, 1.54) is 7.11 Å². The molecule has 1 aliphatic rings. The summed E-state index contributed by atoms with van der Waals surface area (Å²) in [7, 11) is 4.97. The zero-order valence-corrected chi connectivity index (χ0v) is 17.2. The fourth-order valence-corrected chi connectivity index (χ4v) is 3.81.